The van der Waals surface area contributed by atoms with Gasteiger partial charge in [0, 0.05) is 51.3 Å². The molecule has 1 aromatic heterocycles. The molecule has 0 fully saturated rings. The molecule has 3 rings (SSSR count). The van der Waals surface area contributed by atoms with Gasteiger partial charge in [-0.25, -0.2) is 14.6 Å². The number of amides is 2. The summed E-state index contributed by atoms with van der Waals surface area (Å²) in [5.41, 5.74) is 2.65. The standard InChI is InChI=1S/C33H45N5O6Si/c1-7-16-34-21-28(37-33(40)44-23-25-12-10-9-11-13-25)31-36-29(22-38(31)24-42-18-19-45(4,5)6)27-15-14-26(35-32(39)41-3)20-30(27)43-17-8-2/h7-15,20,22,28,34H,1-2,16-19,21,23-24H2,3-6H3,(H,35,39)(H,37,40)/t28-/m0/s1. The third kappa shape index (κ3) is 11.9. The van der Waals surface area contributed by atoms with Crippen molar-refractivity contribution in [3.63, 3.8) is 0 Å². The van der Waals surface area contributed by atoms with Crippen LogP contribution in [0.5, 0.6) is 5.75 Å². The number of rotatable bonds is 18. The van der Waals surface area contributed by atoms with Crippen LogP contribution in [0.1, 0.15) is 17.4 Å². The van der Waals surface area contributed by atoms with Gasteiger partial charge in [-0.2, -0.15) is 0 Å². The predicted octanol–water partition coefficient (Wildman–Crippen LogP) is 6.35. The van der Waals surface area contributed by atoms with Crippen LogP contribution in [0.3, 0.4) is 0 Å². The fourth-order valence-electron chi connectivity index (χ4n) is 4.18. The van der Waals surface area contributed by atoms with E-state index < -0.39 is 26.3 Å². The molecule has 0 aliphatic heterocycles. The Labute approximate surface area is 266 Å². The average molecular weight is 636 g/mol. The van der Waals surface area contributed by atoms with E-state index in [1.807, 2.05) is 41.1 Å². The third-order valence-electron chi connectivity index (χ3n) is 6.53. The molecule has 2 aromatic carbocycles. The second kappa shape index (κ2) is 17.8. The van der Waals surface area contributed by atoms with Gasteiger partial charge in [0.2, 0.25) is 0 Å². The highest BCUT2D eigenvalue weighted by molar-refractivity contribution is 6.76. The van der Waals surface area contributed by atoms with Crippen molar-refractivity contribution < 1.29 is 28.5 Å². The van der Waals surface area contributed by atoms with Gasteiger partial charge in [0.25, 0.3) is 0 Å². The molecule has 0 saturated heterocycles. The maximum Gasteiger partial charge on any atom is 0.411 e. The number of benzene rings is 2. The number of carbonyl (C=O) groups excluding carboxylic acids is 2. The second-order valence-electron chi connectivity index (χ2n) is 11.4. The van der Waals surface area contributed by atoms with Crippen molar-refractivity contribution in [1.82, 2.24) is 20.2 Å². The van der Waals surface area contributed by atoms with Crippen molar-refractivity contribution in [1.29, 1.82) is 0 Å². The van der Waals surface area contributed by atoms with Crippen molar-refractivity contribution in [2.45, 2.75) is 45.1 Å². The van der Waals surface area contributed by atoms with Gasteiger partial charge in [-0.05, 0) is 23.7 Å². The molecule has 0 saturated carbocycles. The van der Waals surface area contributed by atoms with Crippen LogP contribution in [-0.4, -0.2) is 63.2 Å². The summed E-state index contributed by atoms with van der Waals surface area (Å²) in [5, 5.41) is 8.91. The maximum absolute atomic E-state index is 13.0. The number of methoxy groups -OCH3 is 1. The number of hydrogen-bond acceptors (Lipinski definition) is 8. The highest BCUT2D eigenvalue weighted by atomic mass is 28.3. The summed E-state index contributed by atoms with van der Waals surface area (Å²) in [5.74, 6) is 1.05. The van der Waals surface area contributed by atoms with Crippen LogP contribution >= 0.6 is 0 Å². The van der Waals surface area contributed by atoms with Gasteiger partial charge in [0.15, 0.2) is 0 Å². The molecule has 1 heterocycles. The van der Waals surface area contributed by atoms with Gasteiger partial charge in [0.1, 0.15) is 37.6 Å². The number of nitrogens with one attached hydrogen (secondary N) is 3. The lowest BCUT2D eigenvalue weighted by atomic mass is 10.1. The van der Waals surface area contributed by atoms with Crippen LogP contribution in [0.15, 0.2) is 80.0 Å². The van der Waals surface area contributed by atoms with Crippen molar-refractivity contribution in [2.75, 3.05) is 38.7 Å². The highest BCUT2D eigenvalue weighted by Gasteiger charge is 2.24. The Morgan fingerprint density at radius 2 is 1.84 bits per heavy atom. The summed E-state index contributed by atoms with van der Waals surface area (Å²) in [6.45, 7) is 16.5. The summed E-state index contributed by atoms with van der Waals surface area (Å²) in [6, 6.07) is 15.2. The molecule has 0 radical (unpaired) electrons. The predicted molar refractivity (Wildman–Crippen MR) is 179 cm³/mol. The Kier molecular flexibility index (Phi) is 13.9. The average Bonchev–Trinajstić information content (AvgIpc) is 3.44. The topological polar surface area (TPSA) is 125 Å². The van der Waals surface area contributed by atoms with Gasteiger partial charge >= 0.3 is 12.2 Å². The first-order valence-corrected chi connectivity index (χ1v) is 18.5. The monoisotopic (exact) mass is 635 g/mol. The van der Waals surface area contributed by atoms with Crippen molar-refractivity contribution in [3.05, 3.63) is 91.4 Å². The molecule has 12 heteroatoms. The second-order valence-corrected chi connectivity index (χ2v) is 17.1. The van der Waals surface area contributed by atoms with Crippen molar-refractivity contribution in [2.24, 2.45) is 0 Å². The minimum Gasteiger partial charge on any atom is -0.489 e. The van der Waals surface area contributed by atoms with Gasteiger partial charge in [0.05, 0.1) is 12.8 Å². The molecular formula is C33H45N5O6Si. The molecule has 0 bridgehead atoms. The number of aromatic nitrogens is 2. The summed E-state index contributed by atoms with van der Waals surface area (Å²) in [6.07, 6.45) is 4.07. The Morgan fingerprint density at radius 1 is 1.07 bits per heavy atom. The van der Waals surface area contributed by atoms with Crippen LogP contribution in [0.2, 0.25) is 25.7 Å². The van der Waals surface area contributed by atoms with E-state index >= 15 is 0 Å². The minimum absolute atomic E-state index is 0.134. The Bertz CT molecular complexity index is 1410. The van der Waals surface area contributed by atoms with Crippen LogP contribution in [0.25, 0.3) is 11.3 Å². The number of nitrogens with zero attached hydrogens (tertiary/aromatic N) is 2. The zero-order valence-corrected chi connectivity index (χ0v) is 27.6. The van der Waals surface area contributed by atoms with E-state index in [2.05, 4.69) is 48.7 Å². The van der Waals surface area contributed by atoms with E-state index in [9.17, 15) is 9.59 Å². The maximum atomic E-state index is 13.0. The highest BCUT2D eigenvalue weighted by Crippen LogP contribution is 2.33. The SMILES string of the molecule is C=CCNC[C@H](NC(=O)OCc1ccccc1)c1nc(-c2ccc(NC(=O)OC)cc2OCC=C)cn1COCC[Si](C)(C)C. The first-order valence-electron chi connectivity index (χ1n) is 14.8. The molecule has 0 unspecified atom stereocenters. The van der Waals surface area contributed by atoms with E-state index in [0.29, 0.717) is 48.2 Å². The molecule has 0 aliphatic rings. The smallest absolute Gasteiger partial charge is 0.411 e. The Morgan fingerprint density at radius 3 is 2.53 bits per heavy atom. The summed E-state index contributed by atoms with van der Waals surface area (Å²) < 4.78 is 24.2. The minimum atomic E-state index is -1.31. The molecule has 3 aromatic rings. The number of carbonyl (C=O) groups is 2. The van der Waals surface area contributed by atoms with E-state index in [1.165, 1.54) is 7.11 Å². The number of alkyl carbamates (subject to hydrolysis) is 1. The zero-order chi connectivity index (χ0) is 32.7. The lowest BCUT2D eigenvalue weighted by Gasteiger charge is -2.21. The number of ether oxygens (including phenoxy) is 4. The summed E-state index contributed by atoms with van der Waals surface area (Å²) in [4.78, 5) is 29.8. The van der Waals surface area contributed by atoms with E-state index in [1.54, 1.807) is 30.4 Å². The Hall–Kier alpha value is -4.39. The third-order valence-corrected chi connectivity index (χ3v) is 8.24. The van der Waals surface area contributed by atoms with Crippen LogP contribution in [0, 0.1) is 0 Å². The van der Waals surface area contributed by atoms with Crippen LogP contribution in [0.4, 0.5) is 15.3 Å². The molecule has 45 heavy (non-hydrogen) atoms. The summed E-state index contributed by atoms with van der Waals surface area (Å²) >= 11 is 0. The Balaban J connectivity index is 1.96. The quantitative estimate of drug-likeness (QED) is 0.0839. The van der Waals surface area contributed by atoms with Gasteiger partial charge in [-0.1, -0.05) is 68.7 Å². The largest absolute Gasteiger partial charge is 0.489 e. The van der Waals surface area contributed by atoms with Crippen LogP contribution in [-0.2, 0) is 27.5 Å². The number of hydrogen-bond donors (Lipinski definition) is 3. The van der Waals surface area contributed by atoms with Crippen LogP contribution < -0.4 is 20.7 Å². The lowest BCUT2D eigenvalue weighted by Crippen LogP contribution is -2.37. The van der Waals surface area contributed by atoms with Gasteiger partial charge in [-0.3, -0.25) is 5.32 Å². The first-order chi connectivity index (χ1) is 21.6. The van der Waals surface area contributed by atoms with Gasteiger partial charge < -0.3 is 34.1 Å². The zero-order valence-electron chi connectivity index (χ0n) is 26.6. The molecular weight excluding hydrogens is 590 g/mol. The molecule has 0 aliphatic carbocycles. The van der Waals surface area contributed by atoms with Gasteiger partial charge in [-0.15, -0.1) is 6.58 Å². The van der Waals surface area contributed by atoms with Crippen molar-refractivity contribution >= 4 is 25.9 Å². The lowest BCUT2D eigenvalue weighted by molar-refractivity contribution is 0.0832. The molecule has 3 N–H and O–H groups in total. The van der Waals surface area contributed by atoms with Crippen molar-refractivity contribution in [3.8, 4) is 17.0 Å². The fourth-order valence-corrected chi connectivity index (χ4v) is 4.93. The molecule has 0 spiro atoms. The first kappa shape index (κ1) is 35.1. The van der Waals surface area contributed by atoms with E-state index in [0.717, 1.165) is 11.6 Å². The fraction of sp³-hybridized carbons (Fsp3) is 0.364. The molecule has 242 valence electrons. The van der Waals surface area contributed by atoms with E-state index in [4.69, 9.17) is 23.9 Å². The summed E-state index contributed by atoms with van der Waals surface area (Å²) in [7, 11) is -0.00960. The van der Waals surface area contributed by atoms with E-state index in [-0.39, 0.29) is 19.9 Å². The number of anilines is 1. The number of imidazole rings is 1. The molecule has 11 nitrogen and oxygen atoms in total. The normalized spacial score (nSPS) is 11.7. The molecule has 1 atom stereocenters. The molecule has 2 amide bonds.